The van der Waals surface area contributed by atoms with Crippen molar-refractivity contribution in [2.45, 2.75) is 71.0 Å². The highest BCUT2D eigenvalue weighted by molar-refractivity contribution is 5.82. The van der Waals surface area contributed by atoms with Crippen molar-refractivity contribution < 1.29 is 4.79 Å². The fraction of sp³-hybridized carbons (Fsp3) is 0.938. The fourth-order valence-corrected chi connectivity index (χ4v) is 3.43. The molecule has 0 aromatic heterocycles. The van der Waals surface area contributed by atoms with E-state index in [1.165, 1.54) is 12.8 Å². The average molecular weight is 281 g/mol. The number of hydrogen-bond acceptors (Lipinski definition) is 3. The van der Waals surface area contributed by atoms with Crippen LogP contribution in [0.1, 0.15) is 52.9 Å². The van der Waals surface area contributed by atoms with E-state index in [0.29, 0.717) is 12.1 Å². The lowest BCUT2D eigenvalue weighted by molar-refractivity contribution is -0.125. The molecular formula is C16H31N3O. The van der Waals surface area contributed by atoms with Crippen LogP contribution >= 0.6 is 0 Å². The van der Waals surface area contributed by atoms with Crippen LogP contribution < -0.4 is 10.6 Å². The molecule has 2 saturated heterocycles. The zero-order valence-corrected chi connectivity index (χ0v) is 13.3. The summed E-state index contributed by atoms with van der Waals surface area (Å²) in [5.74, 6) is 0.945. The van der Waals surface area contributed by atoms with Crippen LogP contribution in [0.4, 0.5) is 0 Å². The maximum atomic E-state index is 12.4. The summed E-state index contributed by atoms with van der Waals surface area (Å²) in [5.41, 5.74) is 0. The number of likely N-dealkylation sites (tertiary alicyclic amines) is 1. The Morgan fingerprint density at radius 3 is 2.60 bits per heavy atom. The first-order valence-corrected chi connectivity index (χ1v) is 8.38. The largest absolute Gasteiger partial charge is 0.352 e. The second-order valence-electron chi connectivity index (χ2n) is 6.72. The molecule has 116 valence electrons. The highest BCUT2D eigenvalue weighted by Gasteiger charge is 2.28. The van der Waals surface area contributed by atoms with Crippen LogP contribution in [0.15, 0.2) is 0 Å². The van der Waals surface area contributed by atoms with E-state index in [4.69, 9.17) is 0 Å². The quantitative estimate of drug-likeness (QED) is 0.825. The molecule has 0 aliphatic carbocycles. The first kappa shape index (κ1) is 15.8. The molecule has 2 fully saturated rings. The van der Waals surface area contributed by atoms with Gasteiger partial charge in [-0.3, -0.25) is 4.79 Å². The molecule has 0 aromatic rings. The molecule has 2 heterocycles. The Morgan fingerprint density at radius 1 is 1.30 bits per heavy atom. The second-order valence-corrected chi connectivity index (χ2v) is 6.72. The summed E-state index contributed by atoms with van der Waals surface area (Å²) in [5, 5.41) is 6.64. The minimum atomic E-state index is 0.0387. The SMILES string of the molecule is CCC1CCNC(C(=O)NC2CCN(C(C)C)CC2)C1. The van der Waals surface area contributed by atoms with Crippen molar-refractivity contribution in [3.8, 4) is 0 Å². The lowest BCUT2D eigenvalue weighted by Crippen LogP contribution is -2.53. The Hall–Kier alpha value is -0.610. The van der Waals surface area contributed by atoms with Gasteiger partial charge in [-0.15, -0.1) is 0 Å². The number of piperidine rings is 2. The van der Waals surface area contributed by atoms with Crippen molar-refractivity contribution in [1.82, 2.24) is 15.5 Å². The van der Waals surface area contributed by atoms with Crippen molar-refractivity contribution in [2.75, 3.05) is 19.6 Å². The monoisotopic (exact) mass is 281 g/mol. The smallest absolute Gasteiger partial charge is 0.237 e. The number of carbonyl (C=O) groups excluding carboxylic acids is 1. The van der Waals surface area contributed by atoms with Crippen LogP contribution in [0.3, 0.4) is 0 Å². The molecule has 2 atom stereocenters. The predicted molar refractivity (Wildman–Crippen MR) is 82.7 cm³/mol. The van der Waals surface area contributed by atoms with E-state index in [1.54, 1.807) is 0 Å². The van der Waals surface area contributed by atoms with Crippen LogP contribution in [-0.2, 0) is 4.79 Å². The Kier molecular flexibility index (Phi) is 5.85. The number of nitrogens with zero attached hydrogens (tertiary/aromatic N) is 1. The molecule has 0 aromatic carbocycles. The maximum absolute atomic E-state index is 12.4. The molecule has 2 aliphatic rings. The van der Waals surface area contributed by atoms with E-state index in [9.17, 15) is 4.79 Å². The zero-order valence-electron chi connectivity index (χ0n) is 13.3. The van der Waals surface area contributed by atoms with Gasteiger partial charge in [0.05, 0.1) is 6.04 Å². The molecule has 0 saturated carbocycles. The molecule has 2 unspecified atom stereocenters. The summed E-state index contributed by atoms with van der Waals surface area (Å²) >= 11 is 0. The third-order valence-electron chi connectivity index (χ3n) is 5.01. The molecule has 0 spiro atoms. The first-order chi connectivity index (χ1) is 9.60. The third kappa shape index (κ3) is 4.19. The number of carbonyl (C=O) groups is 1. The topological polar surface area (TPSA) is 44.4 Å². The van der Waals surface area contributed by atoms with Crippen LogP contribution in [0.2, 0.25) is 0 Å². The third-order valence-corrected chi connectivity index (χ3v) is 5.01. The van der Waals surface area contributed by atoms with Gasteiger partial charge in [0.25, 0.3) is 0 Å². The summed E-state index contributed by atoms with van der Waals surface area (Å²) in [6.45, 7) is 9.93. The van der Waals surface area contributed by atoms with Gasteiger partial charge in [-0.05, 0) is 52.0 Å². The Bertz CT molecular complexity index is 311. The zero-order chi connectivity index (χ0) is 14.5. The highest BCUT2D eigenvalue weighted by atomic mass is 16.2. The van der Waals surface area contributed by atoms with Crippen molar-refractivity contribution in [3.05, 3.63) is 0 Å². The van der Waals surface area contributed by atoms with Gasteiger partial charge in [-0.2, -0.15) is 0 Å². The van der Waals surface area contributed by atoms with Crippen molar-refractivity contribution in [1.29, 1.82) is 0 Å². The van der Waals surface area contributed by atoms with Gasteiger partial charge in [0.1, 0.15) is 0 Å². The van der Waals surface area contributed by atoms with E-state index in [1.807, 2.05) is 0 Å². The van der Waals surface area contributed by atoms with Gasteiger partial charge in [0, 0.05) is 25.2 Å². The number of nitrogens with one attached hydrogen (secondary N) is 2. The van der Waals surface area contributed by atoms with Gasteiger partial charge in [-0.25, -0.2) is 0 Å². The molecule has 2 N–H and O–H groups in total. The number of rotatable bonds is 4. The summed E-state index contributed by atoms with van der Waals surface area (Å²) in [6.07, 6.45) is 5.60. The van der Waals surface area contributed by atoms with Crippen LogP contribution in [0.5, 0.6) is 0 Å². The van der Waals surface area contributed by atoms with Crippen molar-refractivity contribution >= 4 is 5.91 Å². The second kappa shape index (κ2) is 7.41. The van der Waals surface area contributed by atoms with Crippen molar-refractivity contribution in [2.24, 2.45) is 5.92 Å². The summed E-state index contributed by atoms with van der Waals surface area (Å²) in [6, 6.07) is 1.04. The molecular weight excluding hydrogens is 250 g/mol. The predicted octanol–water partition coefficient (Wildman–Crippen LogP) is 1.75. The van der Waals surface area contributed by atoms with E-state index in [2.05, 4.69) is 36.3 Å². The van der Waals surface area contributed by atoms with E-state index in [0.717, 1.165) is 44.8 Å². The highest BCUT2D eigenvalue weighted by Crippen LogP contribution is 2.20. The Balaban J connectivity index is 1.75. The fourth-order valence-electron chi connectivity index (χ4n) is 3.43. The lowest BCUT2D eigenvalue weighted by Gasteiger charge is -2.36. The summed E-state index contributed by atoms with van der Waals surface area (Å²) in [7, 11) is 0. The summed E-state index contributed by atoms with van der Waals surface area (Å²) in [4.78, 5) is 14.9. The van der Waals surface area contributed by atoms with Crippen LogP contribution in [0, 0.1) is 5.92 Å². The van der Waals surface area contributed by atoms with Gasteiger partial charge < -0.3 is 15.5 Å². The average Bonchev–Trinajstić information content (AvgIpc) is 2.47. The van der Waals surface area contributed by atoms with Crippen molar-refractivity contribution in [3.63, 3.8) is 0 Å². The molecule has 0 bridgehead atoms. The summed E-state index contributed by atoms with van der Waals surface area (Å²) < 4.78 is 0. The van der Waals surface area contributed by atoms with E-state index >= 15 is 0 Å². The molecule has 4 nitrogen and oxygen atoms in total. The van der Waals surface area contributed by atoms with Gasteiger partial charge in [0.2, 0.25) is 5.91 Å². The first-order valence-electron chi connectivity index (χ1n) is 8.38. The number of amides is 1. The number of hydrogen-bond donors (Lipinski definition) is 2. The normalized spacial score (nSPS) is 29.6. The molecule has 1 amide bonds. The van der Waals surface area contributed by atoms with Gasteiger partial charge in [0.15, 0.2) is 0 Å². The van der Waals surface area contributed by atoms with E-state index in [-0.39, 0.29) is 11.9 Å². The maximum Gasteiger partial charge on any atom is 0.237 e. The lowest BCUT2D eigenvalue weighted by atomic mass is 9.90. The molecule has 20 heavy (non-hydrogen) atoms. The minimum Gasteiger partial charge on any atom is -0.352 e. The van der Waals surface area contributed by atoms with Gasteiger partial charge in [-0.1, -0.05) is 13.3 Å². The van der Waals surface area contributed by atoms with Gasteiger partial charge >= 0.3 is 0 Å². The molecule has 2 aliphatic heterocycles. The molecule has 0 radical (unpaired) electrons. The van der Waals surface area contributed by atoms with Crippen LogP contribution in [0.25, 0.3) is 0 Å². The Labute approximate surface area is 123 Å². The molecule has 2 rings (SSSR count). The molecule has 4 heteroatoms. The van der Waals surface area contributed by atoms with Crippen LogP contribution in [-0.4, -0.2) is 48.6 Å². The van der Waals surface area contributed by atoms with E-state index < -0.39 is 0 Å². The standard InChI is InChI=1S/C16H31N3O/c1-4-13-5-8-17-15(11-13)16(20)18-14-6-9-19(10-7-14)12(2)3/h12-15,17H,4-11H2,1-3H3,(H,18,20). The Morgan fingerprint density at radius 2 is 2.00 bits per heavy atom. The minimum absolute atomic E-state index is 0.0387.